The van der Waals surface area contributed by atoms with Gasteiger partial charge in [0.1, 0.15) is 35.5 Å². The molecular weight excluding hydrogens is 515 g/mol. The van der Waals surface area contributed by atoms with Crippen molar-refractivity contribution in [2.24, 2.45) is 15.9 Å². The SMILES string of the molecule is NN=C(C=NC1C(O)[C@@H](Sc2cccc(Br)c2)OC(CO)[C@@H]1O)c1cc(F)c(F)c(F)c1. The van der Waals surface area contributed by atoms with E-state index in [1.165, 1.54) is 0 Å². The van der Waals surface area contributed by atoms with Crippen LogP contribution in [-0.2, 0) is 4.74 Å². The van der Waals surface area contributed by atoms with Crippen molar-refractivity contribution in [3.8, 4) is 0 Å². The molecule has 1 aliphatic rings. The van der Waals surface area contributed by atoms with Crippen LogP contribution in [0.5, 0.6) is 0 Å². The van der Waals surface area contributed by atoms with Gasteiger partial charge in [-0.15, -0.1) is 0 Å². The smallest absolute Gasteiger partial charge is 0.194 e. The molecule has 5 N–H and O–H groups in total. The average molecular weight is 534 g/mol. The van der Waals surface area contributed by atoms with Gasteiger partial charge in [0.05, 0.1) is 6.61 Å². The summed E-state index contributed by atoms with van der Waals surface area (Å²) in [4.78, 5) is 4.84. The lowest BCUT2D eigenvalue weighted by atomic mass is 9.98. The molecule has 1 fully saturated rings. The largest absolute Gasteiger partial charge is 0.394 e. The van der Waals surface area contributed by atoms with Gasteiger partial charge in [-0.25, -0.2) is 13.2 Å². The summed E-state index contributed by atoms with van der Waals surface area (Å²) in [7, 11) is 0. The minimum absolute atomic E-state index is 0.192. The molecule has 0 saturated carbocycles. The molecule has 1 aliphatic heterocycles. The standard InChI is InChI=1S/C20H19BrF3N3O4S/c21-10-2-1-3-11(6-10)32-20-19(30)17(18(29)15(8-28)31-20)26-7-14(27-25)9-4-12(22)16(24)13(23)5-9/h1-7,15,17-20,28-30H,8,25H2/t15?,17?,18-,19?,20+/m0/s1. The summed E-state index contributed by atoms with van der Waals surface area (Å²) in [5.74, 6) is 0.765. The Bertz CT molecular complexity index is 1010. The molecule has 0 amide bonds. The quantitative estimate of drug-likeness (QED) is 0.195. The molecule has 1 heterocycles. The van der Waals surface area contributed by atoms with Crippen molar-refractivity contribution in [1.29, 1.82) is 0 Å². The fourth-order valence-corrected chi connectivity index (χ4v) is 4.73. The van der Waals surface area contributed by atoms with Gasteiger partial charge in [0.15, 0.2) is 17.5 Å². The number of hydrogen-bond donors (Lipinski definition) is 4. The van der Waals surface area contributed by atoms with Crippen LogP contribution in [0.1, 0.15) is 5.56 Å². The third kappa shape index (κ3) is 5.50. The van der Waals surface area contributed by atoms with E-state index in [1.807, 2.05) is 6.07 Å². The van der Waals surface area contributed by atoms with Crippen LogP contribution in [0.25, 0.3) is 0 Å². The normalized spacial score (nSPS) is 26.6. The van der Waals surface area contributed by atoms with Gasteiger partial charge in [-0.05, 0) is 30.3 Å². The van der Waals surface area contributed by atoms with Crippen molar-refractivity contribution in [2.75, 3.05) is 6.61 Å². The second-order valence-electron chi connectivity index (χ2n) is 6.82. The van der Waals surface area contributed by atoms with Crippen molar-refractivity contribution < 1.29 is 33.2 Å². The van der Waals surface area contributed by atoms with Crippen LogP contribution in [0.2, 0.25) is 0 Å². The molecule has 2 aromatic carbocycles. The Morgan fingerprint density at radius 3 is 2.44 bits per heavy atom. The van der Waals surface area contributed by atoms with E-state index in [2.05, 4.69) is 26.0 Å². The predicted octanol–water partition coefficient (Wildman–Crippen LogP) is 2.20. The summed E-state index contributed by atoms with van der Waals surface area (Å²) >= 11 is 4.51. The van der Waals surface area contributed by atoms with Gasteiger partial charge in [-0.1, -0.05) is 33.8 Å². The van der Waals surface area contributed by atoms with Crippen molar-refractivity contribution in [1.82, 2.24) is 0 Å². The first kappa shape index (κ1) is 24.7. The van der Waals surface area contributed by atoms with E-state index in [9.17, 15) is 28.5 Å². The van der Waals surface area contributed by atoms with Crippen LogP contribution in [0.15, 0.2) is 55.9 Å². The fourth-order valence-electron chi connectivity index (χ4n) is 3.06. The highest BCUT2D eigenvalue weighted by Crippen LogP contribution is 2.35. The number of benzene rings is 2. The lowest BCUT2D eigenvalue weighted by molar-refractivity contribution is -0.159. The van der Waals surface area contributed by atoms with Crippen LogP contribution in [0.4, 0.5) is 13.2 Å². The third-order valence-electron chi connectivity index (χ3n) is 4.68. The van der Waals surface area contributed by atoms with Crippen molar-refractivity contribution in [3.63, 3.8) is 0 Å². The molecule has 172 valence electrons. The van der Waals surface area contributed by atoms with Crippen LogP contribution < -0.4 is 5.84 Å². The van der Waals surface area contributed by atoms with E-state index in [-0.39, 0.29) is 11.3 Å². The summed E-state index contributed by atoms with van der Waals surface area (Å²) in [6, 6.07) is 7.40. The summed E-state index contributed by atoms with van der Waals surface area (Å²) in [5, 5.41) is 34.2. The Morgan fingerprint density at radius 1 is 1.16 bits per heavy atom. The molecule has 0 bridgehead atoms. The molecule has 7 nitrogen and oxygen atoms in total. The molecule has 2 aromatic rings. The highest BCUT2D eigenvalue weighted by molar-refractivity contribution is 9.10. The maximum atomic E-state index is 13.6. The average Bonchev–Trinajstić information content (AvgIpc) is 2.76. The van der Waals surface area contributed by atoms with E-state index in [0.29, 0.717) is 12.1 Å². The van der Waals surface area contributed by atoms with E-state index in [4.69, 9.17) is 10.6 Å². The number of aliphatic hydroxyl groups excluding tert-OH is 3. The summed E-state index contributed by atoms with van der Waals surface area (Å²) in [6.45, 7) is -0.540. The monoisotopic (exact) mass is 533 g/mol. The molecule has 3 rings (SSSR count). The van der Waals surface area contributed by atoms with E-state index in [1.54, 1.807) is 18.2 Å². The number of thioether (sulfide) groups is 1. The molecule has 32 heavy (non-hydrogen) atoms. The number of aliphatic imine (C=N–C) groups is 1. The number of halogens is 4. The minimum atomic E-state index is -1.64. The molecular formula is C20H19BrF3N3O4S. The molecule has 0 radical (unpaired) electrons. The molecule has 0 spiro atoms. The maximum absolute atomic E-state index is 13.6. The Labute approximate surface area is 193 Å². The van der Waals surface area contributed by atoms with E-state index in [0.717, 1.165) is 27.3 Å². The number of nitrogens with zero attached hydrogens (tertiary/aromatic N) is 2. The minimum Gasteiger partial charge on any atom is -0.394 e. The number of aliphatic hydroxyl groups is 3. The number of hydrogen-bond acceptors (Lipinski definition) is 8. The van der Waals surface area contributed by atoms with Gasteiger partial charge < -0.3 is 25.9 Å². The highest BCUT2D eigenvalue weighted by Gasteiger charge is 2.44. The zero-order valence-corrected chi connectivity index (χ0v) is 18.7. The summed E-state index contributed by atoms with van der Waals surface area (Å²) in [6.07, 6.45) is -2.77. The van der Waals surface area contributed by atoms with Crippen molar-refractivity contribution in [2.45, 2.75) is 34.7 Å². The first-order chi connectivity index (χ1) is 15.2. The van der Waals surface area contributed by atoms with Gasteiger partial charge >= 0.3 is 0 Å². The van der Waals surface area contributed by atoms with E-state index >= 15 is 0 Å². The van der Waals surface area contributed by atoms with Crippen LogP contribution >= 0.6 is 27.7 Å². The Kier molecular flexibility index (Phi) is 8.31. The lowest BCUT2D eigenvalue weighted by Gasteiger charge is -2.40. The molecule has 12 heteroatoms. The predicted molar refractivity (Wildman–Crippen MR) is 117 cm³/mol. The number of nitrogens with two attached hydrogens (primary N) is 1. The molecule has 0 aromatic heterocycles. The van der Waals surface area contributed by atoms with Crippen molar-refractivity contribution in [3.05, 3.63) is 63.9 Å². The second-order valence-corrected chi connectivity index (χ2v) is 8.91. The molecule has 1 saturated heterocycles. The number of ether oxygens (including phenoxy) is 1. The number of hydrazone groups is 1. The zero-order valence-electron chi connectivity index (χ0n) is 16.3. The number of rotatable bonds is 6. The summed E-state index contributed by atoms with van der Waals surface area (Å²) < 4.78 is 46.8. The van der Waals surface area contributed by atoms with Crippen molar-refractivity contribution >= 4 is 39.6 Å². The van der Waals surface area contributed by atoms with Gasteiger partial charge in [0, 0.05) is 21.1 Å². The lowest BCUT2D eigenvalue weighted by Crippen LogP contribution is -2.56. The zero-order chi connectivity index (χ0) is 23.4. The van der Waals surface area contributed by atoms with Gasteiger partial charge in [0.2, 0.25) is 0 Å². The second kappa shape index (κ2) is 10.8. The summed E-state index contributed by atoms with van der Waals surface area (Å²) in [5.41, 5.74) is -1.31. The Morgan fingerprint density at radius 2 is 1.84 bits per heavy atom. The first-order valence-electron chi connectivity index (χ1n) is 9.25. The van der Waals surface area contributed by atoms with Gasteiger partial charge in [-0.2, -0.15) is 5.10 Å². The van der Waals surface area contributed by atoms with Gasteiger partial charge in [-0.3, -0.25) is 4.99 Å². The molecule has 3 unspecified atom stereocenters. The maximum Gasteiger partial charge on any atom is 0.194 e. The van der Waals surface area contributed by atoms with Crippen LogP contribution in [0, 0.1) is 17.5 Å². The Hall–Kier alpha value is -1.96. The van der Waals surface area contributed by atoms with Crippen LogP contribution in [0.3, 0.4) is 0 Å². The highest BCUT2D eigenvalue weighted by atomic mass is 79.9. The van der Waals surface area contributed by atoms with Gasteiger partial charge in [0.25, 0.3) is 0 Å². The van der Waals surface area contributed by atoms with E-state index < -0.39 is 53.8 Å². The molecule has 0 aliphatic carbocycles. The fraction of sp³-hybridized carbons (Fsp3) is 0.300. The topological polar surface area (TPSA) is 121 Å². The Balaban J connectivity index is 1.85. The molecule has 5 atom stereocenters. The van der Waals surface area contributed by atoms with Crippen LogP contribution in [-0.4, -0.2) is 63.6 Å². The first-order valence-corrected chi connectivity index (χ1v) is 10.9. The third-order valence-corrected chi connectivity index (χ3v) is 6.33.